The fourth-order valence-electron chi connectivity index (χ4n) is 6.02. The van der Waals surface area contributed by atoms with Gasteiger partial charge in [0.25, 0.3) is 0 Å². The highest BCUT2D eigenvalue weighted by molar-refractivity contribution is 14.0. The Balaban J connectivity index is 0.00000289. The molecule has 2 saturated carbocycles. The van der Waals surface area contributed by atoms with Crippen molar-refractivity contribution in [2.45, 2.75) is 76.3 Å². The van der Waals surface area contributed by atoms with E-state index in [4.69, 9.17) is 0 Å². The molecular weight excluding hydrogens is 515 g/mol. The molecule has 8 heteroatoms. The predicted octanol–water partition coefficient (Wildman–Crippen LogP) is 2.51. The van der Waals surface area contributed by atoms with Gasteiger partial charge >= 0.3 is 0 Å². The van der Waals surface area contributed by atoms with Gasteiger partial charge in [-0.3, -0.25) is 14.7 Å². The number of piperidine rings is 1. The standard InChI is InChI=1S/C24H44N6O.HI/c1-25-24(27-21-10-13-29(14-11-21)22-8-4-5-9-22)26-12-15-28-16-18-30(19-17-28)23(31)20-6-2-3-7-20;/h20-22H,2-19H2,1H3,(H2,25,26,27);1H. The van der Waals surface area contributed by atoms with Crippen LogP contribution in [0.1, 0.15) is 64.2 Å². The highest BCUT2D eigenvalue weighted by Crippen LogP contribution is 2.27. The summed E-state index contributed by atoms with van der Waals surface area (Å²) >= 11 is 0. The number of amides is 1. The topological polar surface area (TPSA) is 63.2 Å². The molecule has 0 atom stereocenters. The number of hydrogen-bond donors (Lipinski definition) is 2. The molecular formula is C24H45IN6O. The molecule has 32 heavy (non-hydrogen) atoms. The maximum atomic E-state index is 12.6. The average molecular weight is 561 g/mol. The third kappa shape index (κ3) is 7.19. The van der Waals surface area contributed by atoms with Crippen molar-refractivity contribution in [1.29, 1.82) is 0 Å². The van der Waals surface area contributed by atoms with E-state index in [1.165, 1.54) is 64.5 Å². The molecule has 4 aliphatic rings. The van der Waals surface area contributed by atoms with Crippen molar-refractivity contribution in [3.8, 4) is 0 Å². The number of piperazine rings is 1. The van der Waals surface area contributed by atoms with Crippen LogP contribution in [0.5, 0.6) is 0 Å². The lowest BCUT2D eigenvalue weighted by Gasteiger charge is -2.37. The first kappa shape index (κ1) is 26.0. The van der Waals surface area contributed by atoms with E-state index in [2.05, 4.69) is 30.3 Å². The zero-order valence-corrected chi connectivity index (χ0v) is 22.4. The lowest BCUT2D eigenvalue weighted by molar-refractivity contribution is -0.137. The Bertz CT molecular complexity index is 589. The molecule has 0 aromatic rings. The Hall–Kier alpha value is -0.610. The van der Waals surface area contributed by atoms with Gasteiger partial charge in [-0.1, -0.05) is 25.7 Å². The monoisotopic (exact) mass is 560 g/mol. The quantitative estimate of drug-likeness (QED) is 0.297. The summed E-state index contributed by atoms with van der Waals surface area (Å²) in [7, 11) is 1.87. The van der Waals surface area contributed by atoms with Crippen molar-refractivity contribution < 1.29 is 4.79 Å². The molecule has 1 amide bonds. The van der Waals surface area contributed by atoms with Crippen LogP contribution in [0.4, 0.5) is 0 Å². The molecule has 4 rings (SSSR count). The third-order valence-corrected chi connectivity index (χ3v) is 8.04. The minimum atomic E-state index is 0. The Kier molecular flexibility index (Phi) is 10.8. The van der Waals surface area contributed by atoms with Crippen LogP contribution in [0, 0.1) is 5.92 Å². The normalized spacial score (nSPS) is 25.2. The Morgan fingerprint density at radius 3 is 2.12 bits per heavy atom. The van der Waals surface area contributed by atoms with Crippen LogP contribution in [-0.2, 0) is 4.79 Å². The van der Waals surface area contributed by atoms with Gasteiger partial charge in [0.1, 0.15) is 0 Å². The van der Waals surface area contributed by atoms with E-state index in [9.17, 15) is 4.79 Å². The summed E-state index contributed by atoms with van der Waals surface area (Å²) in [5, 5.41) is 7.16. The number of guanidine groups is 1. The summed E-state index contributed by atoms with van der Waals surface area (Å²) in [6, 6.07) is 1.39. The summed E-state index contributed by atoms with van der Waals surface area (Å²) in [4.78, 5) is 24.4. The number of aliphatic imine (C=N–C) groups is 1. The molecule has 0 aromatic heterocycles. The number of rotatable bonds is 6. The molecule has 2 heterocycles. The van der Waals surface area contributed by atoms with Gasteiger partial charge in [0, 0.05) is 77.4 Å². The fourth-order valence-corrected chi connectivity index (χ4v) is 6.02. The van der Waals surface area contributed by atoms with Crippen LogP contribution in [0.2, 0.25) is 0 Å². The van der Waals surface area contributed by atoms with Gasteiger partial charge in [0.15, 0.2) is 5.96 Å². The van der Waals surface area contributed by atoms with Crippen LogP contribution in [-0.4, -0.2) is 98.1 Å². The van der Waals surface area contributed by atoms with Gasteiger partial charge in [-0.05, 0) is 38.5 Å². The van der Waals surface area contributed by atoms with Crippen LogP contribution in [0.15, 0.2) is 4.99 Å². The molecule has 0 aromatic carbocycles. The van der Waals surface area contributed by atoms with Crippen molar-refractivity contribution in [1.82, 2.24) is 25.3 Å². The maximum absolute atomic E-state index is 12.6. The number of hydrogen-bond acceptors (Lipinski definition) is 4. The van der Waals surface area contributed by atoms with E-state index in [-0.39, 0.29) is 24.0 Å². The third-order valence-electron chi connectivity index (χ3n) is 8.04. The van der Waals surface area contributed by atoms with Crippen LogP contribution < -0.4 is 10.6 Å². The highest BCUT2D eigenvalue weighted by atomic mass is 127. The SMILES string of the molecule is CN=C(NCCN1CCN(C(=O)C2CCCC2)CC1)NC1CCN(C2CCCC2)CC1.I. The van der Waals surface area contributed by atoms with Crippen molar-refractivity contribution in [3.05, 3.63) is 0 Å². The summed E-state index contributed by atoms with van der Waals surface area (Å²) in [6.07, 6.45) is 12.8. The molecule has 0 bridgehead atoms. The van der Waals surface area contributed by atoms with E-state index >= 15 is 0 Å². The minimum Gasteiger partial charge on any atom is -0.355 e. The van der Waals surface area contributed by atoms with Crippen molar-refractivity contribution in [2.75, 3.05) is 59.4 Å². The van der Waals surface area contributed by atoms with Gasteiger partial charge in [-0.25, -0.2) is 0 Å². The van der Waals surface area contributed by atoms with Crippen molar-refractivity contribution in [3.63, 3.8) is 0 Å². The Morgan fingerprint density at radius 2 is 1.50 bits per heavy atom. The zero-order chi connectivity index (χ0) is 21.5. The van der Waals surface area contributed by atoms with E-state index in [0.29, 0.717) is 17.9 Å². The number of likely N-dealkylation sites (tertiary alicyclic amines) is 1. The maximum Gasteiger partial charge on any atom is 0.225 e. The number of nitrogens with zero attached hydrogens (tertiary/aromatic N) is 4. The molecule has 0 spiro atoms. The summed E-state index contributed by atoms with van der Waals surface area (Å²) in [5.41, 5.74) is 0. The van der Waals surface area contributed by atoms with Crippen molar-refractivity contribution in [2.24, 2.45) is 10.9 Å². The second-order valence-electron chi connectivity index (χ2n) is 10.0. The second-order valence-corrected chi connectivity index (χ2v) is 10.0. The lowest BCUT2D eigenvalue weighted by atomic mass is 10.0. The molecule has 2 saturated heterocycles. The molecule has 7 nitrogen and oxygen atoms in total. The lowest BCUT2D eigenvalue weighted by Crippen LogP contribution is -2.53. The van der Waals surface area contributed by atoms with Crippen molar-refractivity contribution >= 4 is 35.8 Å². The molecule has 4 fully saturated rings. The first-order chi connectivity index (χ1) is 15.2. The molecule has 2 aliphatic heterocycles. The Labute approximate surface area is 212 Å². The smallest absolute Gasteiger partial charge is 0.225 e. The highest BCUT2D eigenvalue weighted by Gasteiger charge is 2.30. The average Bonchev–Trinajstić information content (AvgIpc) is 3.53. The van der Waals surface area contributed by atoms with Crippen LogP contribution >= 0.6 is 24.0 Å². The van der Waals surface area contributed by atoms with Gasteiger partial charge in [-0.15, -0.1) is 24.0 Å². The molecule has 2 N–H and O–H groups in total. The first-order valence-corrected chi connectivity index (χ1v) is 13.0. The summed E-state index contributed by atoms with van der Waals surface area (Å²) < 4.78 is 0. The second kappa shape index (κ2) is 13.3. The summed E-state index contributed by atoms with van der Waals surface area (Å²) in [6.45, 7) is 8.12. The minimum absolute atomic E-state index is 0. The van der Waals surface area contributed by atoms with Crippen LogP contribution in [0.3, 0.4) is 0 Å². The Morgan fingerprint density at radius 1 is 0.875 bits per heavy atom. The van der Waals surface area contributed by atoms with Gasteiger partial charge in [0.05, 0.1) is 0 Å². The number of carbonyl (C=O) groups excluding carboxylic acids is 1. The molecule has 184 valence electrons. The first-order valence-electron chi connectivity index (χ1n) is 13.0. The number of halogens is 1. The van der Waals surface area contributed by atoms with Gasteiger partial charge in [-0.2, -0.15) is 0 Å². The van der Waals surface area contributed by atoms with E-state index in [0.717, 1.165) is 64.1 Å². The van der Waals surface area contributed by atoms with E-state index in [1.807, 2.05) is 7.05 Å². The number of nitrogens with one attached hydrogen (secondary N) is 2. The molecule has 0 unspecified atom stereocenters. The zero-order valence-electron chi connectivity index (χ0n) is 20.1. The van der Waals surface area contributed by atoms with Gasteiger partial charge < -0.3 is 20.4 Å². The summed E-state index contributed by atoms with van der Waals surface area (Å²) in [5.74, 6) is 1.67. The molecule has 0 radical (unpaired) electrons. The van der Waals surface area contributed by atoms with Crippen LogP contribution in [0.25, 0.3) is 0 Å². The predicted molar refractivity (Wildman–Crippen MR) is 142 cm³/mol. The number of carbonyl (C=O) groups is 1. The largest absolute Gasteiger partial charge is 0.355 e. The van der Waals surface area contributed by atoms with Gasteiger partial charge in [0.2, 0.25) is 5.91 Å². The van der Waals surface area contributed by atoms with E-state index in [1.54, 1.807) is 0 Å². The fraction of sp³-hybridized carbons (Fsp3) is 0.917. The van der Waals surface area contributed by atoms with E-state index < -0.39 is 0 Å². The molecule has 2 aliphatic carbocycles.